The number of nitrogens with two attached hydrogens (primary N) is 1. The Morgan fingerprint density at radius 3 is 2.83 bits per heavy atom. The predicted molar refractivity (Wildman–Crippen MR) is 53.2 cm³/mol. The van der Waals surface area contributed by atoms with Gasteiger partial charge in [0.1, 0.15) is 0 Å². The van der Waals surface area contributed by atoms with Gasteiger partial charge < -0.3 is 10.8 Å². The van der Waals surface area contributed by atoms with Gasteiger partial charge in [-0.3, -0.25) is 0 Å². The van der Waals surface area contributed by atoms with Crippen LogP contribution >= 0.6 is 27.5 Å². The van der Waals surface area contributed by atoms with Gasteiger partial charge in [0, 0.05) is 16.6 Å². The lowest BCUT2D eigenvalue weighted by Crippen LogP contribution is -2.11. The van der Waals surface area contributed by atoms with E-state index < -0.39 is 6.10 Å². The molecule has 0 aliphatic rings. The SMILES string of the molecule is NC[C@@H](O)c1cccc(Br)c1Cl. The first-order valence-electron chi connectivity index (χ1n) is 3.49. The second-order valence-corrected chi connectivity index (χ2v) is 3.63. The summed E-state index contributed by atoms with van der Waals surface area (Å²) in [5.41, 5.74) is 5.96. The highest BCUT2D eigenvalue weighted by molar-refractivity contribution is 9.10. The summed E-state index contributed by atoms with van der Waals surface area (Å²) >= 11 is 9.16. The van der Waals surface area contributed by atoms with E-state index in [1.165, 1.54) is 0 Å². The highest BCUT2D eigenvalue weighted by Gasteiger charge is 2.10. The lowest BCUT2D eigenvalue weighted by Gasteiger charge is -2.10. The van der Waals surface area contributed by atoms with Crippen molar-refractivity contribution in [3.05, 3.63) is 33.3 Å². The van der Waals surface area contributed by atoms with Crippen LogP contribution in [0, 0.1) is 0 Å². The Morgan fingerprint density at radius 1 is 1.58 bits per heavy atom. The topological polar surface area (TPSA) is 46.2 Å². The van der Waals surface area contributed by atoms with Crippen molar-refractivity contribution in [2.75, 3.05) is 6.54 Å². The van der Waals surface area contributed by atoms with Gasteiger partial charge in [-0.2, -0.15) is 0 Å². The Bertz CT molecular complexity index is 280. The molecule has 0 aliphatic heterocycles. The molecule has 1 rings (SSSR count). The third-order valence-electron chi connectivity index (χ3n) is 1.56. The van der Waals surface area contributed by atoms with E-state index >= 15 is 0 Å². The Kier molecular flexibility index (Phi) is 3.53. The van der Waals surface area contributed by atoms with Crippen molar-refractivity contribution in [1.29, 1.82) is 0 Å². The Balaban J connectivity index is 3.07. The highest BCUT2D eigenvalue weighted by atomic mass is 79.9. The fourth-order valence-corrected chi connectivity index (χ4v) is 1.54. The molecule has 1 aromatic rings. The Hall–Kier alpha value is -0.0900. The number of rotatable bonds is 2. The van der Waals surface area contributed by atoms with E-state index in [1.54, 1.807) is 6.07 Å². The van der Waals surface area contributed by atoms with Gasteiger partial charge >= 0.3 is 0 Å². The van der Waals surface area contributed by atoms with Crippen LogP contribution in [-0.2, 0) is 0 Å². The van der Waals surface area contributed by atoms with E-state index in [4.69, 9.17) is 17.3 Å². The smallest absolute Gasteiger partial charge is 0.0926 e. The summed E-state index contributed by atoms with van der Waals surface area (Å²) in [6, 6.07) is 5.38. The highest BCUT2D eigenvalue weighted by Crippen LogP contribution is 2.29. The summed E-state index contributed by atoms with van der Waals surface area (Å²) in [7, 11) is 0. The summed E-state index contributed by atoms with van der Waals surface area (Å²) in [5, 5.41) is 9.93. The number of hydrogen-bond donors (Lipinski definition) is 2. The van der Waals surface area contributed by atoms with Crippen molar-refractivity contribution in [3.8, 4) is 0 Å². The van der Waals surface area contributed by atoms with Crippen molar-refractivity contribution in [3.63, 3.8) is 0 Å². The minimum absolute atomic E-state index is 0.177. The van der Waals surface area contributed by atoms with Gasteiger partial charge in [-0.1, -0.05) is 23.7 Å². The van der Waals surface area contributed by atoms with Gasteiger partial charge in [0.05, 0.1) is 11.1 Å². The van der Waals surface area contributed by atoms with E-state index in [-0.39, 0.29) is 6.54 Å². The van der Waals surface area contributed by atoms with Crippen LogP contribution in [0.1, 0.15) is 11.7 Å². The van der Waals surface area contributed by atoms with Crippen LogP contribution in [0.15, 0.2) is 22.7 Å². The molecule has 3 N–H and O–H groups in total. The molecule has 0 saturated heterocycles. The third kappa shape index (κ3) is 1.98. The molecule has 0 unspecified atom stereocenters. The summed E-state index contributed by atoms with van der Waals surface area (Å²) < 4.78 is 0.772. The minimum atomic E-state index is -0.685. The molecule has 0 aromatic heterocycles. The van der Waals surface area contributed by atoms with Gasteiger partial charge in [0.2, 0.25) is 0 Å². The quantitative estimate of drug-likeness (QED) is 0.844. The van der Waals surface area contributed by atoms with Gasteiger partial charge in [-0.05, 0) is 22.0 Å². The molecular weight excluding hydrogens is 241 g/mol. The van der Waals surface area contributed by atoms with E-state index in [0.29, 0.717) is 10.6 Å². The predicted octanol–water partition coefficient (Wildman–Crippen LogP) is 2.09. The van der Waals surface area contributed by atoms with Crippen molar-refractivity contribution in [1.82, 2.24) is 0 Å². The maximum atomic E-state index is 9.40. The molecule has 0 amide bonds. The number of benzene rings is 1. The van der Waals surface area contributed by atoms with Crippen molar-refractivity contribution in [2.45, 2.75) is 6.10 Å². The van der Waals surface area contributed by atoms with Gasteiger partial charge in [-0.15, -0.1) is 0 Å². The first-order valence-corrected chi connectivity index (χ1v) is 4.66. The second-order valence-electron chi connectivity index (χ2n) is 2.39. The maximum Gasteiger partial charge on any atom is 0.0926 e. The lowest BCUT2D eigenvalue weighted by atomic mass is 10.1. The molecule has 0 bridgehead atoms. The Labute approximate surface area is 84.5 Å². The average molecular weight is 251 g/mol. The molecule has 0 saturated carbocycles. The molecule has 1 atom stereocenters. The van der Waals surface area contributed by atoms with E-state index in [2.05, 4.69) is 15.9 Å². The van der Waals surface area contributed by atoms with E-state index in [1.807, 2.05) is 12.1 Å². The zero-order chi connectivity index (χ0) is 9.14. The third-order valence-corrected chi connectivity index (χ3v) is 2.87. The molecule has 0 radical (unpaired) electrons. The summed E-state index contributed by atoms with van der Waals surface area (Å²) in [6.45, 7) is 0.177. The van der Waals surface area contributed by atoms with Crippen LogP contribution in [0.4, 0.5) is 0 Å². The van der Waals surface area contributed by atoms with Crippen LogP contribution in [0.3, 0.4) is 0 Å². The number of hydrogen-bond acceptors (Lipinski definition) is 2. The first-order chi connectivity index (χ1) is 5.66. The summed E-state index contributed by atoms with van der Waals surface area (Å²) in [4.78, 5) is 0. The van der Waals surface area contributed by atoms with Gasteiger partial charge in [-0.25, -0.2) is 0 Å². The van der Waals surface area contributed by atoms with Crippen LogP contribution < -0.4 is 5.73 Å². The summed E-state index contributed by atoms with van der Waals surface area (Å²) in [5.74, 6) is 0. The molecular formula is C8H9BrClNO. The number of aliphatic hydroxyl groups excluding tert-OH is 1. The van der Waals surface area contributed by atoms with Crippen molar-refractivity contribution >= 4 is 27.5 Å². The van der Waals surface area contributed by atoms with E-state index in [0.717, 1.165) is 4.47 Å². The first kappa shape index (κ1) is 9.99. The molecule has 0 spiro atoms. The van der Waals surface area contributed by atoms with Crippen molar-refractivity contribution < 1.29 is 5.11 Å². The average Bonchev–Trinajstić information content (AvgIpc) is 2.08. The largest absolute Gasteiger partial charge is 0.387 e. The zero-order valence-electron chi connectivity index (χ0n) is 6.30. The molecule has 12 heavy (non-hydrogen) atoms. The molecule has 1 aromatic carbocycles. The van der Waals surface area contributed by atoms with Crippen molar-refractivity contribution in [2.24, 2.45) is 5.73 Å². The molecule has 0 aliphatic carbocycles. The minimum Gasteiger partial charge on any atom is -0.387 e. The molecule has 0 heterocycles. The van der Waals surface area contributed by atoms with Gasteiger partial charge in [0.15, 0.2) is 0 Å². The van der Waals surface area contributed by atoms with Gasteiger partial charge in [0.25, 0.3) is 0 Å². The zero-order valence-corrected chi connectivity index (χ0v) is 8.64. The van der Waals surface area contributed by atoms with Crippen LogP contribution in [-0.4, -0.2) is 11.7 Å². The van der Waals surface area contributed by atoms with Crippen LogP contribution in [0.2, 0.25) is 5.02 Å². The fourth-order valence-electron chi connectivity index (χ4n) is 0.905. The Morgan fingerprint density at radius 2 is 2.25 bits per heavy atom. The molecule has 0 fully saturated rings. The molecule has 4 heteroatoms. The standard InChI is InChI=1S/C8H9BrClNO/c9-6-3-1-2-5(8(6)10)7(12)4-11/h1-3,7,12H,4,11H2/t7-/m1/s1. The number of halogens is 2. The number of aliphatic hydroxyl groups is 1. The molecule has 66 valence electrons. The van der Waals surface area contributed by atoms with Crippen LogP contribution in [0.5, 0.6) is 0 Å². The van der Waals surface area contributed by atoms with Crippen LogP contribution in [0.25, 0.3) is 0 Å². The second kappa shape index (κ2) is 4.23. The fraction of sp³-hybridized carbons (Fsp3) is 0.250. The maximum absolute atomic E-state index is 9.40. The normalized spacial score (nSPS) is 13.0. The lowest BCUT2D eigenvalue weighted by molar-refractivity contribution is 0.187. The molecule has 2 nitrogen and oxygen atoms in total. The monoisotopic (exact) mass is 249 g/mol. The van der Waals surface area contributed by atoms with E-state index in [9.17, 15) is 5.11 Å². The summed E-state index contributed by atoms with van der Waals surface area (Å²) in [6.07, 6.45) is -0.685.